The maximum absolute atomic E-state index is 5.91. The number of nitrogen functional groups attached to an aromatic ring is 1. The average Bonchev–Trinajstić information content (AvgIpc) is 2.50. The zero-order valence-electron chi connectivity index (χ0n) is 9.12. The molecule has 0 saturated heterocycles. The molecule has 1 aromatic rings. The Morgan fingerprint density at radius 1 is 1.60 bits per heavy atom. The lowest BCUT2D eigenvalue weighted by atomic mass is 9.82. The van der Waals surface area contributed by atoms with Crippen LogP contribution in [0.5, 0.6) is 0 Å². The van der Waals surface area contributed by atoms with E-state index in [1.54, 1.807) is 6.20 Å². The van der Waals surface area contributed by atoms with Gasteiger partial charge in [0, 0.05) is 6.54 Å². The van der Waals surface area contributed by atoms with Gasteiger partial charge in [-0.3, -0.25) is 0 Å². The highest BCUT2D eigenvalue weighted by Gasteiger charge is 2.20. The van der Waals surface area contributed by atoms with Crippen LogP contribution >= 0.6 is 15.9 Å². The Kier molecular flexibility index (Phi) is 3.34. The van der Waals surface area contributed by atoms with Crippen molar-refractivity contribution < 1.29 is 0 Å². The van der Waals surface area contributed by atoms with Crippen LogP contribution in [-0.2, 0) is 6.54 Å². The standard InChI is InChI=1S/C11H18BrN3/c1-8-3-2-4-9(5-8)7-15-11(13)10(12)6-14-15/h6,8-9H,2-5,7,13H2,1H3. The van der Waals surface area contributed by atoms with E-state index in [0.29, 0.717) is 0 Å². The minimum absolute atomic E-state index is 0.753. The van der Waals surface area contributed by atoms with Gasteiger partial charge < -0.3 is 5.73 Å². The summed E-state index contributed by atoms with van der Waals surface area (Å²) in [5.41, 5.74) is 5.91. The lowest BCUT2D eigenvalue weighted by Gasteiger charge is -2.26. The van der Waals surface area contributed by atoms with Crippen LogP contribution in [0.25, 0.3) is 0 Å². The number of rotatable bonds is 2. The fourth-order valence-corrected chi connectivity index (χ4v) is 2.78. The topological polar surface area (TPSA) is 43.8 Å². The number of nitrogens with zero attached hydrogens (tertiary/aromatic N) is 2. The van der Waals surface area contributed by atoms with Gasteiger partial charge in [0.05, 0.1) is 10.7 Å². The van der Waals surface area contributed by atoms with E-state index in [1.165, 1.54) is 25.7 Å². The van der Waals surface area contributed by atoms with Crippen LogP contribution in [0, 0.1) is 11.8 Å². The van der Waals surface area contributed by atoms with Gasteiger partial charge in [0.15, 0.2) is 0 Å². The fourth-order valence-electron chi connectivity index (χ4n) is 2.49. The molecule has 1 fully saturated rings. The predicted molar refractivity (Wildman–Crippen MR) is 65.5 cm³/mol. The maximum atomic E-state index is 5.91. The second-order valence-electron chi connectivity index (χ2n) is 4.70. The Hall–Kier alpha value is -0.510. The Balaban J connectivity index is 1.99. The SMILES string of the molecule is CC1CCCC(Cn2ncc(Br)c2N)C1. The van der Waals surface area contributed by atoms with E-state index in [2.05, 4.69) is 28.0 Å². The second kappa shape index (κ2) is 4.56. The summed E-state index contributed by atoms with van der Waals surface area (Å²) in [7, 11) is 0. The highest BCUT2D eigenvalue weighted by Crippen LogP contribution is 2.30. The Morgan fingerprint density at radius 2 is 2.40 bits per heavy atom. The van der Waals surface area contributed by atoms with Crippen molar-refractivity contribution in [1.82, 2.24) is 9.78 Å². The lowest BCUT2D eigenvalue weighted by Crippen LogP contribution is -2.20. The number of halogens is 1. The van der Waals surface area contributed by atoms with E-state index < -0.39 is 0 Å². The van der Waals surface area contributed by atoms with Crippen LogP contribution < -0.4 is 5.73 Å². The first-order valence-corrected chi connectivity index (χ1v) is 6.43. The molecular weight excluding hydrogens is 254 g/mol. The summed E-state index contributed by atoms with van der Waals surface area (Å²) in [5.74, 6) is 2.38. The molecule has 3 nitrogen and oxygen atoms in total. The molecule has 0 amide bonds. The van der Waals surface area contributed by atoms with E-state index >= 15 is 0 Å². The molecule has 1 aliphatic carbocycles. The molecule has 1 saturated carbocycles. The minimum Gasteiger partial charge on any atom is -0.383 e. The molecule has 1 aromatic heterocycles. The van der Waals surface area contributed by atoms with Gasteiger partial charge in [0.2, 0.25) is 0 Å². The van der Waals surface area contributed by atoms with Crippen molar-refractivity contribution in [3.05, 3.63) is 10.7 Å². The Labute approximate surface area is 99.2 Å². The summed E-state index contributed by atoms with van der Waals surface area (Å²) in [5, 5.41) is 4.28. The third-order valence-corrected chi connectivity index (χ3v) is 3.92. The van der Waals surface area contributed by atoms with Gasteiger partial charge in [-0.15, -0.1) is 0 Å². The van der Waals surface area contributed by atoms with E-state index in [0.717, 1.165) is 28.7 Å². The van der Waals surface area contributed by atoms with E-state index in [9.17, 15) is 0 Å². The molecule has 2 atom stereocenters. The lowest BCUT2D eigenvalue weighted by molar-refractivity contribution is 0.251. The second-order valence-corrected chi connectivity index (χ2v) is 5.55. The van der Waals surface area contributed by atoms with Crippen molar-refractivity contribution in [2.75, 3.05) is 5.73 Å². The molecule has 0 radical (unpaired) electrons. The van der Waals surface area contributed by atoms with Crippen LogP contribution in [0.4, 0.5) is 5.82 Å². The van der Waals surface area contributed by atoms with Gasteiger partial charge in [-0.1, -0.05) is 19.8 Å². The number of nitrogens with two attached hydrogens (primary N) is 1. The smallest absolute Gasteiger partial charge is 0.136 e. The van der Waals surface area contributed by atoms with E-state index in [-0.39, 0.29) is 0 Å². The molecule has 0 aliphatic heterocycles. The molecular formula is C11H18BrN3. The van der Waals surface area contributed by atoms with Crippen LogP contribution in [0.2, 0.25) is 0 Å². The number of anilines is 1. The minimum atomic E-state index is 0.753. The molecule has 0 spiro atoms. The Bertz CT molecular complexity index is 335. The monoisotopic (exact) mass is 271 g/mol. The maximum Gasteiger partial charge on any atom is 0.136 e. The molecule has 1 aliphatic rings. The molecule has 84 valence electrons. The molecule has 2 N–H and O–H groups in total. The number of hydrogen-bond acceptors (Lipinski definition) is 2. The third kappa shape index (κ3) is 2.54. The molecule has 15 heavy (non-hydrogen) atoms. The largest absolute Gasteiger partial charge is 0.383 e. The zero-order chi connectivity index (χ0) is 10.8. The highest BCUT2D eigenvalue weighted by atomic mass is 79.9. The van der Waals surface area contributed by atoms with Crippen LogP contribution in [0.3, 0.4) is 0 Å². The van der Waals surface area contributed by atoms with Gasteiger partial charge in [-0.05, 0) is 40.6 Å². The molecule has 1 heterocycles. The van der Waals surface area contributed by atoms with Gasteiger partial charge >= 0.3 is 0 Å². The van der Waals surface area contributed by atoms with E-state index in [4.69, 9.17) is 5.73 Å². The first-order chi connectivity index (χ1) is 7.16. The summed E-state index contributed by atoms with van der Waals surface area (Å²) >= 11 is 3.38. The van der Waals surface area contributed by atoms with Crippen LogP contribution in [0.15, 0.2) is 10.7 Å². The van der Waals surface area contributed by atoms with Crippen LogP contribution in [0.1, 0.15) is 32.6 Å². The summed E-state index contributed by atoms with van der Waals surface area (Å²) < 4.78 is 2.83. The Morgan fingerprint density at radius 3 is 3.00 bits per heavy atom. The molecule has 0 aromatic carbocycles. The molecule has 4 heteroatoms. The summed E-state index contributed by atoms with van der Waals surface area (Å²) in [6.45, 7) is 3.32. The zero-order valence-corrected chi connectivity index (χ0v) is 10.7. The normalized spacial score (nSPS) is 26.8. The van der Waals surface area contributed by atoms with Gasteiger partial charge in [-0.25, -0.2) is 4.68 Å². The molecule has 0 bridgehead atoms. The first kappa shape index (κ1) is 11.0. The van der Waals surface area contributed by atoms with Crippen molar-refractivity contribution >= 4 is 21.7 Å². The predicted octanol–water partition coefficient (Wildman–Crippen LogP) is 3.05. The van der Waals surface area contributed by atoms with Gasteiger partial charge in [-0.2, -0.15) is 5.10 Å². The number of aromatic nitrogens is 2. The molecule has 2 unspecified atom stereocenters. The number of hydrogen-bond donors (Lipinski definition) is 1. The summed E-state index contributed by atoms with van der Waals surface area (Å²) in [6, 6.07) is 0. The van der Waals surface area contributed by atoms with Crippen LogP contribution in [-0.4, -0.2) is 9.78 Å². The molecule has 2 rings (SSSR count). The third-order valence-electron chi connectivity index (χ3n) is 3.31. The van der Waals surface area contributed by atoms with Crippen molar-refractivity contribution in [2.24, 2.45) is 11.8 Å². The van der Waals surface area contributed by atoms with Crippen molar-refractivity contribution in [2.45, 2.75) is 39.2 Å². The quantitative estimate of drug-likeness (QED) is 0.899. The fraction of sp³-hybridized carbons (Fsp3) is 0.727. The average molecular weight is 272 g/mol. The first-order valence-electron chi connectivity index (χ1n) is 5.63. The van der Waals surface area contributed by atoms with Gasteiger partial charge in [0.25, 0.3) is 0 Å². The van der Waals surface area contributed by atoms with E-state index in [1.807, 2.05) is 4.68 Å². The summed E-state index contributed by atoms with van der Waals surface area (Å²) in [4.78, 5) is 0. The summed E-state index contributed by atoms with van der Waals surface area (Å²) in [6.07, 6.45) is 7.16. The van der Waals surface area contributed by atoms with Crippen molar-refractivity contribution in [3.8, 4) is 0 Å². The van der Waals surface area contributed by atoms with Crippen molar-refractivity contribution in [3.63, 3.8) is 0 Å². The van der Waals surface area contributed by atoms with Crippen molar-refractivity contribution in [1.29, 1.82) is 0 Å². The highest BCUT2D eigenvalue weighted by molar-refractivity contribution is 9.10. The van der Waals surface area contributed by atoms with Gasteiger partial charge in [0.1, 0.15) is 5.82 Å².